The summed E-state index contributed by atoms with van der Waals surface area (Å²) in [6.07, 6.45) is 3.78. The van der Waals surface area contributed by atoms with E-state index in [-0.39, 0.29) is 45.1 Å². The Morgan fingerprint density at radius 2 is 1.83 bits per heavy atom. The summed E-state index contributed by atoms with van der Waals surface area (Å²) in [5.74, 6) is 0.639. The van der Waals surface area contributed by atoms with Gasteiger partial charge in [-0.15, -0.1) is 0 Å². The lowest BCUT2D eigenvalue weighted by Crippen LogP contribution is -2.65. The van der Waals surface area contributed by atoms with Gasteiger partial charge in [-0.2, -0.15) is 8.42 Å². The smallest absolute Gasteiger partial charge is 0.398 e. The van der Waals surface area contributed by atoms with Crippen LogP contribution in [0, 0.1) is 5.92 Å². The molecule has 174 valence electrons. The molecule has 1 fully saturated rings. The molecular weight excluding hydrogens is 426 g/mol. The molecule has 12 nitrogen and oxygen atoms in total. The van der Waals surface area contributed by atoms with Crippen molar-refractivity contribution in [2.24, 2.45) is 5.92 Å². The Morgan fingerprint density at radius 3 is 2.47 bits per heavy atom. The molecule has 13 heteroatoms. The number of likely N-dealkylation sites (tertiary alicyclic amines) is 1. The van der Waals surface area contributed by atoms with Crippen LogP contribution in [0.1, 0.15) is 17.5 Å². The molecule has 2 heterocycles. The first-order chi connectivity index (χ1) is 11.8. The third-order valence-corrected chi connectivity index (χ3v) is 6.83. The van der Waals surface area contributed by atoms with E-state index in [9.17, 15) is 13.5 Å². The molecule has 12 N–H and O–H groups in total. The summed E-state index contributed by atoms with van der Waals surface area (Å²) in [5, 5.41) is 10.3. The van der Waals surface area contributed by atoms with Gasteiger partial charge in [-0.1, -0.05) is 18.2 Å². The summed E-state index contributed by atoms with van der Waals surface area (Å²) in [6, 6.07) is 3.84. The molecule has 2 aliphatic heterocycles. The topological polar surface area (TPSA) is 254 Å². The molecule has 1 aromatic carbocycles. The van der Waals surface area contributed by atoms with Gasteiger partial charge in [0.05, 0.1) is 0 Å². The fourth-order valence-electron chi connectivity index (χ4n) is 5.44. The maximum absolute atomic E-state index is 11.3. The minimum absolute atomic E-state index is 0. The molecule has 1 saturated heterocycles. The zero-order chi connectivity index (χ0) is 17.6. The lowest BCUT2D eigenvalue weighted by atomic mass is 9.53. The average Bonchev–Trinajstić information content (AvgIpc) is 2.88. The maximum Gasteiger partial charge on any atom is 0.398 e. The number of rotatable bonds is 2. The summed E-state index contributed by atoms with van der Waals surface area (Å²) in [5.41, 5.74) is 1.67. The van der Waals surface area contributed by atoms with Gasteiger partial charge < -0.3 is 42.1 Å². The number of likely N-dealkylation sites (N-methyl/N-ethyl adjacent to an activating group) is 1. The number of ether oxygens (including phenoxy) is 1. The highest BCUT2D eigenvalue weighted by Gasteiger charge is 2.65. The van der Waals surface area contributed by atoms with Gasteiger partial charge in [0.2, 0.25) is 0 Å². The highest BCUT2D eigenvalue weighted by molar-refractivity contribution is 7.80. The van der Waals surface area contributed by atoms with E-state index in [1.54, 1.807) is 12.1 Å². The average molecular weight is 455 g/mol. The predicted molar refractivity (Wildman–Crippen MR) is 106 cm³/mol. The molecule has 0 amide bonds. The molecule has 0 unspecified atom stereocenters. The van der Waals surface area contributed by atoms with Gasteiger partial charge in [-0.05, 0) is 38.1 Å². The lowest BCUT2D eigenvalue weighted by molar-refractivity contribution is -0.0389. The van der Waals surface area contributed by atoms with E-state index in [1.807, 2.05) is 12.1 Å². The van der Waals surface area contributed by atoms with Crippen molar-refractivity contribution in [1.29, 1.82) is 0 Å². The number of phenolic OH excluding ortho intramolecular Hbond substituents is 1. The van der Waals surface area contributed by atoms with E-state index in [0.29, 0.717) is 5.75 Å². The van der Waals surface area contributed by atoms with Crippen molar-refractivity contribution < 1.29 is 54.4 Å². The van der Waals surface area contributed by atoms with Crippen molar-refractivity contribution in [2.75, 3.05) is 13.6 Å². The van der Waals surface area contributed by atoms with Crippen LogP contribution in [0.15, 0.2) is 24.3 Å². The van der Waals surface area contributed by atoms with Crippen molar-refractivity contribution in [3.05, 3.63) is 35.4 Å². The van der Waals surface area contributed by atoms with E-state index in [1.165, 1.54) is 0 Å². The predicted octanol–water partition coefficient (Wildman–Crippen LogP) is -3.10. The monoisotopic (exact) mass is 455 g/mol. The maximum atomic E-state index is 11.3. The molecule has 30 heavy (non-hydrogen) atoms. The third-order valence-electron chi connectivity index (χ3n) is 6.36. The molecule has 4 aliphatic rings. The Morgan fingerprint density at radius 1 is 1.17 bits per heavy atom. The second-order valence-corrected chi connectivity index (χ2v) is 8.48. The van der Waals surface area contributed by atoms with Gasteiger partial charge in [0.25, 0.3) is 0 Å². The van der Waals surface area contributed by atoms with Crippen LogP contribution in [0.2, 0.25) is 0 Å². The second kappa shape index (κ2) is 8.74. The zero-order valence-corrected chi connectivity index (χ0v) is 16.9. The quantitative estimate of drug-likeness (QED) is 0.342. The van der Waals surface area contributed by atoms with Crippen LogP contribution in [0.4, 0.5) is 0 Å². The fourth-order valence-corrected chi connectivity index (χ4v) is 5.89. The minimum Gasteiger partial charge on any atom is -0.504 e. The van der Waals surface area contributed by atoms with Crippen molar-refractivity contribution in [3.8, 4) is 11.5 Å². The molecule has 0 saturated carbocycles. The largest absolute Gasteiger partial charge is 0.504 e. The van der Waals surface area contributed by atoms with Gasteiger partial charge in [0.15, 0.2) is 11.5 Å². The molecule has 2 bridgehead atoms. The van der Waals surface area contributed by atoms with Crippen LogP contribution >= 0.6 is 0 Å². The second-order valence-electron chi connectivity index (χ2n) is 7.43. The first-order valence-electron chi connectivity index (χ1n) is 8.37. The molecule has 2 aliphatic carbocycles. The highest BCUT2D eigenvalue weighted by Crippen LogP contribution is 2.62. The van der Waals surface area contributed by atoms with Crippen LogP contribution < -0.4 is 4.74 Å². The van der Waals surface area contributed by atoms with Crippen molar-refractivity contribution >= 4 is 10.4 Å². The van der Waals surface area contributed by atoms with Crippen LogP contribution in [0.5, 0.6) is 11.5 Å². The van der Waals surface area contributed by atoms with Crippen LogP contribution in [-0.4, -0.2) is 82.2 Å². The Balaban J connectivity index is 0.00000168. The summed E-state index contributed by atoms with van der Waals surface area (Å²) >= 11 is 0. The van der Waals surface area contributed by atoms with Crippen LogP contribution in [-0.2, 0) is 26.4 Å². The first kappa shape index (κ1) is 28.2. The number of aromatic hydroxyl groups is 1. The Labute approximate surface area is 173 Å². The van der Waals surface area contributed by atoms with Gasteiger partial charge in [0.1, 0.15) is 12.2 Å². The molecule has 1 aromatic rings. The summed E-state index contributed by atoms with van der Waals surface area (Å²) in [6.45, 7) is 0.849. The molecular formula is C17H29NO11S. The lowest BCUT2D eigenvalue weighted by Gasteiger charge is -2.56. The van der Waals surface area contributed by atoms with Crippen LogP contribution in [0.25, 0.3) is 0 Å². The van der Waals surface area contributed by atoms with Gasteiger partial charge in [-0.3, -0.25) is 4.55 Å². The fraction of sp³-hybridized carbons (Fsp3) is 0.529. The van der Waals surface area contributed by atoms with E-state index >= 15 is 0 Å². The van der Waals surface area contributed by atoms with Gasteiger partial charge in [0, 0.05) is 22.9 Å². The van der Waals surface area contributed by atoms with E-state index in [4.69, 9.17) is 13.5 Å². The van der Waals surface area contributed by atoms with E-state index in [2.05, 4.69) is 11.9 Å². The Bertz CT molecular complexity index is 905. The van der Waals surface area contributed by atoms with E-state index in [0.717, 1.165) is 30.5 Å². The van der Waals surface area contributed by atoms with Gasteiger partial charge >= 0.3 is 10.4 Å². The molecule has 1 spiro atoms. The molecule has 5 rings (SSSR count). The van der Waals surface area contributed by atoms with Crippen molar-refractivity contribution in [1.82, 2.24) is 4.90 Å². The normalized spacial score (nSPS) is 31.9. The number of benzene rings is 1. The minimum atomic E-state index is -4.61. The van der Waals surface area contributed by atoms with Crippen LogP contribution in [0.3, 0.4) is 0 Å². The van der Waals surface area contributed by atoms with Crippen molar-refractivity contribution in [3.63, 3.8) is 0 Å². The first-order valence-corrected chi connectivity index (χ1v) is 9.74. The molecule has 5 atom stereocenters. The number of hydrogen-bond acceptors (Lipinski definition) is 6. The SMILES string of the molecule is CN1CC[C@]23c4c5ccc(O)c4O[C@H]2[C@@H](OS(=O)(=O)O)C=C[C@H]3[C@H]1C5.O.O.O.O.O. The third kappa shape index (κ3) is 3.47. The van der Waals surface area contributed by atoms with Gasteiger partial charge in [-0.25, -0.2) is 4.18 Å². The summed E-state index contributed by atoms with van der Waals surface area (Å²) < 4.78 is 42.8. The number of nitrogens with zero attached hydrogens (tertiary/aromatic N) is 1. The molecule has 0 aromatic heterocycles. The molecule has 0 radical (unpaired) electrons. The van der Waals surface area contributed by atoms with Crippen molar-refractivity contribution in [2.45, 2.75) is 36.5 Å². The highest BCUT2D eigenvalue weighted by atomic mass is 32.3. The summed E-state index contributed by atoms with van der Waals surface area (Å²) in [4.78, 5) is 2.33. The standard InChI is InChI=1S/C17H19NO6S.5H2O/c1-18-7-6-17-10-3-5-13(24-25(20,21)22)16(17)23-15-12(19)4-2-9(14(15)17)8-11(10)18;;;;;/h2-5,10-11,13,16,19H,6-8H2,1H3,(H,20,21,22);5*1H2/t10-,11+,13-,16-,17-;;;;;/m0...../s1. The Hall–Kier alpha value is -1.81. The summed E-state index contributed by atoms with van der Waals surface area (Å²) in [7, 11) is -2.51. The Kier molecular flexibility index (Phi) is 8.21. The van der Waals surface area contributed by atoms with E-state index < -0.39 is 28.0 Å². The number of piperidine rings is 1. The number of hydrogen-bond donors (Lipinski definition) is 2. The zero-order valence-electron chi connectivity index (χ0n) is 16.1. The number of phenols is 1.